The quantitative estimate of drug-likeness (QED) is 0.892. The molecule has 2 N–H and O–H groups in total. The van der Waals surface area contributed by atoms with Gasteiger partial charge in [-0.15, -0.1) is 0 Å². The highest BCUT2D eigenvalue weighted by Crippen LogP contribution is 2.17. The maximum absolute atomic E-state index is 13.3. The van der Waals surface area contributed by atoms with Crippen molar-refractivity contribution in [3.05, 3.63) is 54.3 Å². The predicted molar refractivity (Wildman–Crippen MR) is 81.3 cm³/mol. The molecule has 0 aromatic heterocycles. The van der Waals surface area contributed by atoms with Gasteiger partial charge in [0.25, 0.3) is 5.91 Å². The summed E-state index contributed by atoms with van der Waals surface area (Å²) in [6.07, 6.45) is 0. The van der Waals surface area contributed by atoms with E-state index >= 15 is 0 Å². The highest BCUT2D eigenvalue weighted by molar-refractivity contribution is 5.94. The molecule has 0 heterocycles. The van der Waals surface area contributed by atoms with Crippen molar-refractivity contribution in [2.45, 2.75) is 6.92 Å². The van der Waals surface area contributed by atoms with Gasteiger partial charge >= 0.3 is 0 Å². The SMILES string of the molecule is CC(=O)Nc1cccc(NC(=O)COc2ccccc2F)c1. The van der Waals surface area contributed by atoms with Gasteiger partial charge in [0.1, 0.15) is 0 Å². The van der Waals surface area contributed by atoms with Crippen LogP contribution in [0.2, 0.25) is 0 Å². The number of halogens is 1. The first kappa shape index (κ1) is 15.5. The van der Waals surface area contributed by atoms with Crippen LogP contribution in [0.5, 0.6) is 5.75 Å². The summed E-state index contributed by atoms with van der Waals surface area (Å²) >= 11 is 0. The molecule has 2 aromatic carbocycles. The van der Waals surface area contributed by atoms with E-state index in [0.717, 1.165) is 0 Å². The van der Waals surface area contributed by atoms with Gasteiger partial charge in [0.2, 0.25) is 5.91 Å². The van der Waals surface area contributed by atoms with Gasteiger partial charge in [-0.2, -0.15) is 0 Å². The minimum Gasteiger partial charge on any atom is -0.481 e. The van der Waals surface area contributed by atoms with E-state index in [2.05, 4.69) is 10.6 Å². The molecule has 2 amide bonds. The largest absolute Gasteiger partial charge is 0.481 e. The fourth-order valence-electron chi connectivity index (χ4n) is 1.78. The van der Waals surface area contributed by atoms with Crippen LogP contribution in [0.15, 0.2) is 48.5 Å². The van der Waals surface area contributed by atoms with E-state index in [9.17, 15) is 14.0 Å². The molecule has 2 aromatic rings. The fraction of sp³-hybridized carbons (Fsp3) is 0.125. The zero-order chi connectivity index (χ0) is 15.9. The average Bonchev–Trinajstić information content (AvgIpc) is 2.46. The number of carbonyl (C=O) groups excluding carboxylic acids is 2. The number of benzene rings is 2. The summed E-state index contributed by atoms with van der Waals surface area (Å²) in [4.78, 5) is 22.8. The average molecular weight is 302 g/mol. The Morgan fingerprint density at radius 1 is 1.05 bits per heavy atom. The van der Waals surface area contributed by atoms with Crippen LogP contribution >= 0.6 is 0 Å². The molecule has 0 saturated heterocycles. The van der Waals surface area contributed by atoms with Crippen molar-refractivity contribution in [3.63, 3.8) is 0 Å². The highest BCUT2D eigenvalue weighted by atomic mass is 19.1. The number of ether oxygens (including phenoxy) is 1. The first-order valence-corrected chi connectivity index (χ1v) is 6.59. The summed E-state index contributed by atoms with van der Waals surface area (Å²) in [5.41, 5.74) is 1.08. The number of para-hydroxylation sites is 1. The summed E-state index contributed by atoms with van der Waals surface area (Å²) < 4.78 is 18.5. The van der Waals surface area contributed by atoms with Crippen LogP contribution in [0.1, 0.15) is 6.92 Å². The lowest BCUT2D eigenvalue weighted by atomic mass is 10.2. The van der Waals surface area contributed by atoms with Gasteiger partial charge in [0.15, 0.2) is 18.2 Å². The van der Waals surface area contributed by atoms with Gasteiger partial charge in [-0.3, -0.25) is 9.59 Å². The fourth-order valence-corrected chi connectivity index (χ4v) is 1.78. The lowest BCUT2D eigenvalue weighted by molar-refractivity contribution is -0.118. The molecule has 0 bridgehead atoms. The predicted octanol–water partition coefficient (Wildman–Crippen LogP) is 2.80. The third-order valence-corrected chi connectivity index (χ3v) is 2.66. The van der Waals surface area contributed by atoms with Crippen molar-refractivity contribution in [2.75, 3.05) is 17.2 Å². The second kappa shape index (κ2) is 7.21. The van der Waals surface area contributed by atoms with Gasteiger partial charge in [0, 0.05) is 18.3 Å². The zero-order valence-electron chi connectivity index (χ0n) is 11.9. The van der Waals surface area contributed by atoms with Crippen LogP contribution in [0.3, 0.4) is 0 Å². The third-order valence-electron chi connectivity index (χ3n) is 2.66. The van der Waals surface area contributed by atoms with Crippen LogP contribution in [0.25, 0.3) is 0 Å². The van der Waals surface area contributed by atoms with Crippen LogP contribution in [0.4, 0.5) is 15.8 Å². The molecule has 2 rings (SSSR count). The number of carbonyl (C=O) groups is 2. The normalized spacial score (nSPS) is 9.91. The molecule has 0 aliphatic carbocycles. The Bertz CT molecular complexity index is 689. The zero-order valence-corrected chi connectivity index (χ0v) is 11.9. The highest BCUT2D eigenvalue weighted by Gasteiger charge is 2.07. The molecular weight excluding hydrogens is 287 g/mol. The van der Waals surface area contributed by atoms with Gasteiger partial charge < -0.3 is 15.4 Å². The summed E-state index contributed by atoms with van der Waals surface area (Å²) in [5, 5.41) is 5.22. The molecule has 114 valence electrons. The minimum absolute atomic E-state index is 0.0182. The van der Waals surface area contributed by atoms with Crippen LogP contribution in [-0.2, 0) is 9.59 Å². The smallest absolute Gasteiger partial charge is 0.262 e. The summed E-state index contributed by atoms with van der Waals surface area (Å²) in [6.45, 7) is 1.08. The summed E-state index contributed by atoms with van der Waals surface area (Å²) in [7, 11) is 0. The lowest BCUT2D eigenvalue weighted by Gasteiger charge is -2.09. The maximum atomic E-state index is 13.3. The molecule has 0 fully saturated rings. The van der Waals surface area contributed by atoms with E-state index in [0.29, 0.717) is 11.4 Å². The molecule has 0 atom stereocenters. The van der Waals surface area contributed by atoms with E-state index in [1.54, 1.807) is 30.3 Å². The van der Waals surface area contributed by atoms with E-state index < -0.39 is 11.7 Å². The Hall–Kier alpha value is -2.89. The Morgan fingerprint density at radius 3 is 2.41 bits per heavy atom. The number of hydrogen-bond donors (Lipinski definition) is 2. The monoisotopic (exact) mass is 302 g/mol. The molecular formula is C16H15FN2O3. The van der Waals surface area contributed by atoms with E-state index in [1.165, 1.54) is 25.1 Å². The van der Waals surface area contributed by atoms with Gasteiger partial charge in [0.05, 0.1) is 0 Å². The molecule has 0 aliphatic rings. The van der Waals surface area contributed by atoms with Crippen molar-refractivity contribution in [1.29, 1.82) is 0 Å². The van der Waals surface area contributed by atoms with E-state index in [4.69, 9.17) is 4.74 Å². The minimum atomic E-state index is -0.525. The standard InChI is InChI=1S/C16H15FN2O3/c1-11(20)18-12-5-4-6-13(9-12)19-16(21)10-22-15-8-3-2-7-14(15)17/h2-9H,10H2,1H3,(H,18,20)(H,19,21). The maximum Gasteiger partial charge on any atom is 0.262 e. The lowest BCUT2D eigenvalue weighted by Crippen LogP contribution is -2.20. The second-order valence-corrected chi connectivity index (χ2v) is 4.53. The first-order chi connectivity index (χ1) is 10.5. The second-order valence-electron chi connectivity index (χ2n) is 4.53. The molecule has 0 saturated carbocycles. The van der Waals surface area contributed by atoms with Crippen LogP contribution < -0.4 is 15.4 Å². The number of rotatable bonds is 5. The summed E-state index contributed by atoms with van der Waals surface area (Å²) in [6, 6.07) is 12.5. The van der Waals surface area contributed by atoms with Gasteiger partial charge in [-0.05, 0) is 30.3 Å². The molecule has 0 aliphatic heterocycles. The van der Waals surface area contributed by atoms with Gasteiger partial charge in [-0.1, -0.05) is 18.2 Å². The Balaban J connectivity index is 1.92. The Labute approximate surface area is 127 Å². The Kier molecular flexibility index (Phi) is 5.08. The number of nitrogens with one attached hydrogen (secondary N) is 2. The van der Waals surface area contributed by atoms with Crippen LogP contribution in [0, 0.1) is 5.82 Å². The van der Waals surface area contributed by atoms with E-state index in [1.807, 2.05) is 0 Å². The topological polar surface area (TPSA) is 67.4 Å². The van der Waals surface area contributed by atoms with Crippen molar-refractivity contribution in [3.8, 4) is 5.75 Å². The molecule has 0 unspecified atom stereocenters. The number of hydrogen-bond acceptors (Lipinski definition) is 3. The molecule has 0 radical (unpaired) electrons. The Morgan fingerprint density at radius 2 is 1.73 bits per heavy atom. The van der Waals surface area contributed by atoms with Crippen molar-refractivity contribution >= 4 is 23.2 Å². The van der Waals surface area contributed by atoms with Crippen molar-refractivity contribution in [1.82, 2.24) is 0 Å². The van der Waals surface area contributed by atoms with Crippen molar-refractivity contribution < 1.29 is 18.7 Å². The third kappa shape index (κ3) is 4.59. The molecule has 6 heteroatoms. The van der Waals surface area contributed by atoms with Gasteiger partial charge in [-0.25, -0.2) is 4.39 Å². The number of amides is 2. The van der Waals surface area contributed by atoms with E-state index in [-0.39, 0.29) is 18.3 Å². The number of anilines is 2. The van der Waals surface area contributed by atoms with Crippen molar-refractivity contribution in [2.24, 2.45) is 0 Å². The molecule has 5 nitrogen and oxygen atoms in total. The first-order valence-electron chi connectivity index (χ1n) is 6.59. The van der Waals surface area contributed by atoms with Crippen LogP contribution in [-0.4, -0.2) is 18.4 Å². The molecule has 22 heavy (non-hydrogen) atoms. The summed E-state index contributed by atoms with van der Waals surface area (Å²) in [5.74, 6) is -1.14. The molecule has 0 spiro atoms.